The van der Waals surface area contributed by atoms with E-state index in [1.807, 2.05) is 6.92 Å². The fourth-order valence-electron chi connectivity index (χ4n) is 1.25. The van der Waals surface area contributed by atoms with Crippen molar-refractivity contribution < 1.29 is 14.6 Å². The maximum atomic E-state index is 10.6. The molecule has 2 aromatic rings. The summed E-state index contributed by atoms with van der Waals surface area (Å²) in [7, 11) is 0. The molecule has 0 unspecified atom stereocenters. The van der Waals surface area contributed by atoms with Gasteiger partial charge in [-0.1, -0.05) is 0 Å². The first-order valence-corrected chi connectivity index (χ1v) is 5.27. The van der Waals surface area contributed by atoms with Gasteiger partial charge in [-0.25, -0.2) is 4.98 Å². The maximum Gasteiger partial charge on any atom is 0.140 e. The Hall–Kier alpha value is -1.62. The summed E-state index contributed by atoms with van der Waals surface area (Å²) in [4.78, 5) is 14.5. The standard InChI is InChI=1S/C10H9NO3S/c1-2-14-6-3-4-7-8(5-6)15-9(11-7)10(12)13/h3-5H,2H2,1H3,(H,12,13)/p-1. The average molecular weight is 222 g/mol. The third-order valence-electron chi connectivity index (χ3n) is 1.85. The number of ether oxygens (including phenoxy) is 1. The maximum absolute atomic E-state index is 10.6. The highest BCUT2D eigenvalue weighted by molar-refractivity contribution is 7.20. The zero-order chi connectivity index (χ0) is 10.8. The van der Waals surface area contributed by atoms with Crippen LogP contribution in [0.25, 0.3) is 10.2 Å². The minimum atomic E-state index is -1.24. The molecule has 0 N–H and O–H groups in total. The molecule has 4 nitrogen and oxygen atoms in total. The third kappa shape index (κ3) is 1.92. The number of carbonyl (C=O) groups excluding carboxylic acids is 1. The molecule has 1 aromatic heterocycles. The highest BCUT2D eigenvalue weighted by Gasteiger charge is 2.05. The molecule has 15 heavy (non-hydrogen) atoms. The summed E-state index contributed by atoms with van der Waals surface area (Å²) >= 11 is 1.09. The van der Waals surface area contributed by atoms with Crippen LogP contribution in [0.3, 0.4) is 0 Å². The number of fused-ring (bicyclic) bond motifs is 1. The van der Waals surface area contributed by atoms with E-state index in [-0.39, 0.29) is 5.01 Å². The van der Waals surface area contributed by atoms with E-state index in [0.29, 0.717) is 12.1 Å². The second kappa shape index (κ2) is 3.86. The van der Waals surface area contributed by atoms with Gasteiger partial charge in [0.15, 0.2) is 0 Å². The lowest BCUT2D eigenvalue weighted by Gasteiger charge is -2.00. The van der Waals surface area contributed by atoms with E-state index < -0.39 is 5.97 Å². The van der Waals surface area contributed by atoms with Gasteiger partial charge in [0.1, 0.15) is 16.7 Å². The molecule has 0 saturated carbocycles. The van der Waals surface area contributed by atoms with Crippen LogP contribution in [0.1, 0.15) is 16.7 Å². The highest BCUT2D eigenvalue weighted by Crippen LogP contribution is 2.26. The Bertz CT molecular complexity index is 506. The van der Waals surface area contributed by atoms with Gasteiger partial charge in [-0.05, 0) is 25.1 Å². The van der Waals surface area contributed by atoms with Crippen molar-refractivity contribution in [1.82, 2.24) is 4.98 Å². The lowest BCUT2D eigenvalue weighted by atomic mass is 10.3. The first-order valence-electron chi connectivity index (χ1n) is 4.45. The molecule has 0 fully saturated rings. The van der Waals surface area contributed by atoms with Crippen LogP contribution in [-0.4, -0.2) is 17.6 Å². The van der Waals surface area contributed by atoms with Gasteiger partial charge in [-0.2, -0.15) is 0 Å². The Morgan fingerprint density at radius 3 is 3.07 bits per heavy atom. The number of aromatic carboxylic acids is 1. The van der Waals surface area contributed by atoms with Crippen molar-refractivity contribution in [3.8, 4) is 5.75 Å². The molecular formula is C10H8NO3S-. The number of benzene rings is 1. The van der Waals surface area contributed by atoms with Gasteiger partial charge in [0.05, 0.1) is 16.8 Å². The van der Waals surface area contributed by atoms with E-state index in [4.69, 9.17) is 4.74 Å². The van der Waals surface area contributed by atoms with Crippen LogP contribution in [0, 0.1) is 0 Å². The molecule has 0 bridgehead atoms. The summed E-state index contributed by atoms with van der Waals surface area (Å²) in [5.41, 5.74) is 0.655. The van der Waals surface area contributed by atoms with E-state index >= 15 is 0 Å². The molecule has 0 aliphatic carbocycles. The Kier molecular flexibility index (Phi) is 2.55. The number of carbonyl (C=O) groups is 1. The van der Waals surface area contributed by atoms with Crippen molar-refractivity contribution in [3.05, 3.63) is 23.2 Å². The Morgan fingerprint density at radius 2 is 2.40 bits per heavy atom. The van der Waals surface area contributed by atoms with Crippen LogP contribution in [0.4, 0.5) is 0 Å². The van der Waals surface area contributed by atoms with Crippen LogP contribution in [0.2, 0.25) is 0 Å². The van der Waals surface area contributed by atoms with Crippen molar-refractivity contribution >= 4 is 27.5 Å². The highest BCUT2D eigenvalue weighted by atomic mass is 32.1. The molecule has 1 heterocycles. The van der Waals surface area contributed by atoms with Crippen LogP contribution in [-0.2, 0) is 0 Å². The zero-order valence-corrected chi connectivity index (χ0v) is 8.84. The Labute approximate surface area is 90.1 Å². The summed E-state index contributed by atoms with van der Waals surface area (Å²) < 4.78 is 6.09. The minimum absolute atomic E-state index is 0.00125. The van der Waals surface area contributed by atoms with Crippen LogP contribution >= 0.6 is 11.3 Å². The molecule has 0 saturated heterocycles. The number of thiazole rings is 1. The van der Waals surface area contributed by atoms with Gasteiger partial charge in [-0.3, -0.25) is 0 Å². The van der Waals surface area contributed by atoms with E-state index in [0.717, 1.165) is 21.8 Å². The van der Waals surface area contributed by atoms with Crippen molar-refractivity contribution in [2.24, 2.45) is 0 Å². The lowest BCUT2D eigenvalue weighted by molar-refractivity contribution is -0.255. The predicted octanol–water partition coefficient (Wildman–Crippen LogP) is 1.06. The van der Waals surface area contributed by atoms with E-state index in [9.17, 15) is 9.90 Å². The average Bonchev–Trinajstić information content (AvgIpc) is 2.61. The van der Waals surface area contributed by atoms with Crippen molar-refractivity contribution in [2.75, 3.05) is 6.61 Å². The molecule has 0 atom stereocenters. The molecule has 2 rings (SSSR count). The predicted molar refractivity (Wildman–Crippen MR) is 55.1 cm³/mol. The molecule has 78 valence electrons. The van der Waals surface area contributed by atoms with Gasteiger partial charge in [0.25, 0.3) is 0 Å². The third-order valence-corrected chi connectivity index (χ3v) is 2.84. The number of carboxylic acids is 1. The molecule has 0 aliphatic rings. The fraction of sp³-hybridized carbons (Fsp3) is 0.200. The summed E-state index contributed by atoms with van der Waals surface area (Å²) in [6.45, 7) is 2.47. The van der Waals surface area contributed by atoms with Gasteiger partial charge in [-0.15, -0.1) is 11.3 Å². The number of aromatic nitrogens is 1. The fourth-order valence-corrected chi connectivity index (χ4v) is 2.08. The van der Waals surface area contributed by atoms with Gasteiger partial charge in [0.2, 0.25) is 0 Å². The second-order valence-electron chi connectivity index (χ2n) is 2.87. The molecule has 5 heteroatoms. The molecular weight excluding hydrogens is 214 g/mol. The summed E-state index contributed by atoms with van der Waals surface area (Å²) in [6, 6.07) is 5.29. The largest absolute Gasteiger partial charge is 0.542 e. The minimum Gasteiger partial charge on any atom is -0.542 e. The van der Waals surface area contributed by atoms with Crippen molar-refractivity contribution in [2.45, 2.75) is 6.92 Å². The first-order chi connectivity index (χ1) is 7.20. The monoisotopic (exact) mass is 222 g/mol. The molecule has 0 spiro atoms. The first kappa shape index (κ1) is 9.92. The number of hydrogen-bond acceptors (Lipinski definition) is 5. The zero-order valence-electron chi connectivity index (χ0n) is 8.02. The smallest absolute Gasteiger partial charge is 0.140 e. The van der Waals surface area contributed by atoms with E-state index in [1.54, 1.807) is 18.2 Å². The molecule has 0 amide bonds. The van der Waals surface area contributed by atoms with Crippen LogP contribution < -0.4 is 9.84 Å². The quantitative estimate of drug-likeness (QED) is 0.779. The van der Waals surface area contributed by atoms with Gasteiger partial charge >= 0.3 is 0 Å². The summed E-state index contributed by atoms with van der Waals surface area (Å²) in [5.74, 6) is -0.521. The molecule has 0 radical (unpaired) electrons. The number of carboxylic acid groups (broad SMARTS) is 1. The van der Waals surface area contributed by atoms with Crippen molar-refractivity contribution in [1.29, 1.82) is 0 Å². The normalized spacial score (nSPS) is 10.5. The number of rotatable bonds is 3. The summed E-state index contributed by atoms with van der Waals surface area (Å²) in [6.07, 6.45) is 0. The van der Waals surface area contributed by atoms with E-state index in [2.05, 4.69) is 4.98 Å². The van der Waals surface area contributed by atoms with Crippen LogP contribution in [0.5, 0.6) is 5.75 Å². The topological polar surface area (TPSA) is 62.2 Å². The molecule has 1 aromatic carbocycles. The van der Waals surface area contributed by atoms with Crippen molar-refractivity contribution in [3.63, 3.8) is 0 Å². The van der Waals surface area contributed by atoms with Gasteiger partial charge in [0, 0.05) is 0 Å². The SMILES string of the molecule is CCOc1ccc2nc(C(=O)[O-])sc2c1. The Balaban J connectivity index is 2.47. The Morgan fingerprint density at radius 1 is 1.60 bits per heavy atom. The second-order valence-corrected chi connectivity index (χ2v) is 3.90. The number of nitrogens with zero attached hydrogens (tertiary/aromatic N) is 1. The summed E-state index contributed by atoms with van der Waals surface area (Å²) in [5, 5.41) is 10.6. The van der Waals surface area contributed by atoms with Crippen LogP contribution in [0.15, 0.2) is 18.2 Å². The van der Waals surface area contributed by atoms with E-state index in [1.165, 1.54) is 0 Å². The number of hydrogen-bond donors (Lipinski definition) is 0. The van der Waals surface area contributed by atoms with Gasteiger partial charge < -0.3 is 14.6 Å². The lowest BCUT2D eigenvalue weighted by Crippen LogP contribution is -2.21. The molecule has 0 aliphatic heterocycles.